The van der Waals surface area contributed by atoms with E-state index >= 15 is 0 Å². The maximum absolute atomic E-state index is 12.4. The van der Waals surface area contributed by atoms with Crippen LogP contribution in [0.15, 0.2) is 24.3 Å². The highest BCUT2D eigenvalue weighted by molar-refractivity contribution is 5.30. The summed E-state index contributed by atoms with van der Waals surface area (Å²) in [6.07, 6.45) is -1.19. The minimum absolute atomic E-state index is 0.117. The lowest BCUT2D eigenvalue weighted by atomic mass is 10.1. The van der Waals surface area contributed by atoms with E-state index in [4.69, 9.17) is 0 Å². The molecule has 1 aromatic rings. The number of benzene rings is 1. The van der Waals surface area contributed by atoms with Crippen LogP contribution in [-0.4, -0.2) is 12.6 Å². The standard InChI is InChI=1S/C14H19F2N/c1-9(2)17-8-12-7-13(12)10-3-5-11(6-4-10)14(15)16/h3-6,9,12-14,17H,7-8H2,1-2H3. The molecular weight excluding hydrogens is 220 g/mol. The molecule has 0 amide bonds. The van der Waals surface area contributed by atoms with E-state index in [0.717, 1.165) is 6.54 Å². The van der Waals surface area contributed by atoms with Crippen molar-refractivity contribution in [3.63, 3.8) is 0 Å². The number of alkyl halides is 2. The maximum atomic E-state index is 12.4. The van der Waals surface area contributed by atoms with E-state index in [1.165, 1.54) is 12.0 Å². The van der Waals surface area contributed by atoms with Crippen molar-refractivity contribution in [3.8, 4) is 0 Å². The summed E-state index contributed by atoms with van der Waals surface area (Å²) in [7, 11) is 0. The van der Waals surface area contributed by atoms with Crippen molar-refractivity contribution in [3.05, 3.63) is 35.4 Å². The average Bonchev–Trinajstić information content (AvgIpc) is 3.06. The van der Waals surface area contributed by atoms with Gasteiger partial charge in [-0.05, 0) is 30.4 Å². The maximum Gasteiger partial charge on any atom is 0.263 e. The van der Waals surface area contributed by atoms with Crippen LogP contribution in [0.25, 0.3) is 0 Å². The summed E-state index contributed by atoms with van der Waals surface area (Å²) in [5.41, 5.74) is 1.32. The highest BCUT2D eigenvalue weighted by Gasteiger charge is 2.37. The van der Waals surface area contributed by atoms with E-state index in [0.29, 0.717) is 17.9 Å². The Labute approximate surface area is 101 Å². The zero-order chi connectivity index (χ0) is 12.4. The van der Waals surface area contributed by atoms with Gasteiger partial charge >= 0.3 is 0 Å². The second-order valence-electron chi connectivity index (χ2n) is 5.13. The van der Waals surface area contributed by atoms with Gasteiger partial charge in [-0.25, -0.2) is 8.78 Å². The molecule has 94 valence electrons. The minimum atomic E-state index is -2.36. The Morgan fingerprint density at radius 2 is 1.88 bits per heavy atom. The first-order chi connectivity index (χ1) is 8.08. The molecule has 0 aromatic heterocycles. The van der Waals surface area contributed by atoms with Gasteiger partial charge in [-0.3, -0.25) is 0 Å². The summed E-state index contributed by atoms with van der Waals surface area (Å²) in [6, 6.07) is 7.30. The second kappa shape index (κ2) is 5.13. The Hall–Kier alpha value is -0.960. The van der Waals surface area contributed by atoms with Crippen molar-refractivity contribution in [1.29, 1.82) is 0 Å². The SMILES string of the molecule is CC(C)NCC1CC1c1ccc(C(F)F)cc1. The molecule has 1 aromatic carbocycles. The summed E-state index contributed by atoms with van der Waals surface area (Å²) in [5.74, 6) is 1.24. The van der Waals surface area contributed by atoms with Crippen LogP contribution < -0.4 is 5.32 Å². The number of hydrogen-bond donors (Lipinski definition) is 1. The van der Waals surface area contributed by atoms with Crippen molar-refractivity contribution >= 4 is 0 Å². The normalized spacial score (nSPS) is 23.4. The fourth-order valence-corrected chi connectivity index (χ4v) is 2.16. The summed E-state index contributed by atoms with van der Waals surface area (Å²) < 4.78 is 24.8. The van der Waals surface area contributed by atoms with E-state index in [1.54, 1.807) is 12.1 Å². The Bertz CT molecular complexity index is 359. The van der Waals surface area contributed by atoms with Crippen molar-refractivity contribution in [2.75, 3.05) is 6.54 Å². The van der Waals surface area contributed by atoms with E-state index in [-0.39, 0.29) is 5.56 Å². The van der Waals surface area contributed by atoms with Gasteiger partial charge in [0.25, 0.3) is 6.43 Å². The van der Waals surface area contributed by atoms with Crippen molar-refractivity contribution in [2.45, 2.75) is 38.7 Å². The molecule has 17 heavy (non-hydrogen) atoms. The predicted octanol–water partition coefficient (Wildman–Crippen LogP) is 3.73. The molecule has 0 radical (unpaired) electrons. The average molecular weight is 239 g/mol. The van der Waals surface area contributed by atoms with Crippen LogP contribution in [0, 0.1) is 5.92 Å². The summed E-state index contributed by atoms with van der Waals surface area (Å²) in [6.45, 7) is 5.29. The molecule has 0 spiro atoms. The third-order valence-corrected chi connectivity index (χ3v) is 3.33. The molecule has 2 unspecified atom stereocenters. The quantitative estimate of drug-likeness (QED) is 0.825. The van der Waals surface area contributed by atoms with Crippen LogP contribution in [-0.2, 0) is 0 Å². The molecule has 0 bridgehead atoms. The second-order valence-corrected chi connectivity index (χ2v) is 5.13. The van der Waals surface area contributed by atoms with E-state index in [1.807, 2.05) is 12.1 Å². The highest BCUT2D eigenvalue weighted by Crippen LogP contribution is 2.47. The van der Waals surface area contributed by atoms with Gasteiger partial charge in [-0.15, -0.1) is 0 Å². The minimum Gasteiger partial charge on any atom is -0.314 e. The molecule has 1 nitrogen and oxygen atoms in total. The van der Waals surface area contributed by atoms with Crippen LogP contribution >= 0.6 is 0 Å². The van der Waals surface area contributed by atoms with Crippen molar-refractivity contribution < 1.29 is 8.78 Å². The highest BCUT2D eigenvalue weighted by atomic mass is 19.3. The molecule has 2 rings (SSSR count). The van der Waals surface area contributed by atoms with Crippen molar-refractivity contribution in [1.82, 2.24) is 5.32 Å². The first-order valence-electron chi connectivity index (χ1n) is 6.19. The zero-order valence-electron chi connectivity index (χ0n) is 10.3. The van der Waals surface area contributed by atoms with Crippen LogP contribution in [0.4, 0.5) is 8.78 Å². The van der Waals surface area contributed by atoms with Crippen LogP contribution in [0.3, 0.4) is 0 Å². The lowest BCUT2D eigenvalue weighted by molar-refractivity contribution is 0.151. The number of rotatable bonds is 5. The third kappa shape index (κ3) is 3.25. The lowest BCUT2D eigenvalue weighted by Gasteiger charge is -2.07. The van der Waals surface area contributed by atoms with Gasteiger partial charge < -0.3 is 5.32 Å². The first-order valence-corrected chi connectivity index (χ1v) is 6.19. The molecule has 1 N–H and O–H groups in total. The molecular formula is C14H19F2N. The Morgan fingerprint density at radius 3 is 2.41 bits per heavy atom. The topological polar surface area (TPSA) is 12.0 Å². The van der Waals surface area contributed by atoms with Crippen molar-refractivity contribution in [2.24, 2.45) is 5.92 Å². The van der Waals surface area contributed by atoms with Crippen LogP contribution in [0.2, 0.25) is 0 Å². The Kier molecular flexibility index (Phi) is 3.77. The molecule has 1 aliphatic carbocycles. The summed E-state index contributed by atoms with van der Waals surface area (Å²) in [4.78, 5) is 0. The van der Waals surface area contributed by atoms with Gasteiger partial charge in [0.1, 0.15) is 0 Å². The lowest BCUT2D eigenvalue weighted by Crippen LogP contribution is -2.25. The Morgan fingerprint density at radius 1 is 1.24 bits per heavy atom. The molecule has 1 fully saturated rings. The summed E-state index contributed by atoms with van der Waals surface area (Å²) >= 11 is 0. The number of hydrogen-bond acceptors (Lipinski definition) is 1. The largest absolute Gasteiger partial charge is 0.314 e. The molecule has 0 saturated heterocycles. The molecule has 0 aliphatic heterocycles. The van der Waals surface area contributed by atoms with Gasteiger partial charge in [0.05, 0.1) is 0 Å². The monoisotopic (exact) mass is 239 g/mol. The molecule has 3 heteroatoms. The van der Waals surface area contributed by atoms with E-state index in [9.17, 15) is 8.78 Å². The van der Waals surface area contributed by atoms with Gasteiger partial charge in [-0.2, -0.15) is 0 Å². The molecule has 1 aliphatic rings. The number of halogens is 2. The van der Waals surface area contributed by atoms with Crippen LogP contribution in [0.1, 0.15) is 43.7 Å². The Balaban J connectivity index is 1.88. The van der Waals surface area contributed by atoms with Crippen LogP contribution in [0.5, 0.6) is 0 Å². The zero-order valence-corrected chi connectivity index (χ0v) is 10.3. The molecule has 2 atom stereocenters. The smallest absolute Gasteiger partial charge is 0.263 e. The molecule has 1 saturated carbocycles. The van der Waals surface area contributed by atoms with E-state index in [2.05, 4.69) is 19.2 Å². The predicted molar refractivity (Wildman–Crippen MR) is 65.4 cm³/mol. The molecule has 0 heterocycles. The third-order valence-electron chi connectivity index (χ3n) is 3.33. The summed E-state index contributed by atoms with van der Waals surface area (Å²) in [5, 5.41) is 3.42. The van der Waals surface area contributed by atoms with Gasteiger partial charge in [0, 0.05) is 11.6 Å². The van der Waals surface area contributed by atoms with E-state index < -0.39 is 6.43 Å². The fourth-order valence-electron chi connectivity index (χ4n) is 2.16. The first kappa shape index (κ1) is 12.5. The fraction of sp³-hybridized carbons (Fsp3) is 0.571. The number of nitrogens with one attached hydrogen (secondary N) is 1. The van der Waals surface area contributed by atoms with Gasteiger partial charge in [0.2, 0.25) is 0 Å². The van der Waals surface area contributed by atoms with Gasteiger partial charge in [0.15, 0.2) is 0 Å². The van der Waals surface area contributed by atoms with Gasteiger partial charge in [-0.1, -0.05) is 38.1 Å².